The highest BCUT2D eigenvalue weighted by atomic mass is 32.2. The van der Waals surface area contributed by atoms with Gasteiger partial charge in [0.25, 0.3) is 0 Å². The number of sulfonamides is 1. The van der Waals surface area contributed by atoms with Crippen molar-refractivity contribution in [2.24, 2.45) is 0 Å². The Morgan fingerprint density at radius 2 is 2.25 bits per heavy atom. The molecule has 0 saturated heterocycles. The number of ether oxygens (including phenoxy) is 1. The lowest BCUT2D eigenvalue weighted by molar-refractivity contribution is 0.148. The third-order valence-electron chi connectivity index (χ3n) is 3.41. The number of fused-ring (bicyclic) bond motifs is 1. The first-order valence-electron chi connectivity index (χ1n) is 6.88. The summed E-state index contributed by atoms with van der Waals surface area (Å²) in [7, 11) is -3.32. The number of benzene rings is 1. The monoisotopic (exact) mass is 301 g/mol. The Labute approximate surface area is 119 Å². The Balaban J connectivity index is 1.95. The molecule has 1 aromatic rings. The van der Waals surface area contributed by atoms with Crippen molar-refractivity contribution in [1.29, 1.82) is 0 Å². The van der Waals surface area contributed by atoms with Crippen molar-refractivity contribution in [3.8, 4) is 0 Å². The zero-order valence-corrected chi connectivity index (χ0v) is 12.4. The highest BCUT2D eigenvalue weighted by molar-refractivity contribution is 7.89. The molecular formula is C14H20FNO3S. The van der Waals surface area contributed by atoms with E-state index in [2.05, 4.69) is 4.72 Å². The van der Waals surface area contributed by atoms with E-state index in [1.807, 2.05) is 6.92 Å². The predicted molar refractivity (Wildman–Crippen MR) is 75.5 cm³/mol. The second kappa shape index (κ2) is 6.65. The van der Waals surface area contributed by atoms with Crippen LogP contribution in [-0.4, -0.2) is 27.4 Å². The topological polar surface area (TPSA) is 55.4 Å². The number of hydrogen-bond donors (Lipinski definition) is 1. The van der Waals surface area contributed by atoms with Gasteiger partial charge in [0.2, 0.25) is 10.0 Å². The molecule has 4 nitrogen and oxygen atoms in total. The van der Waals surface area contributed by atoms with E-state index in [-0.39, 0.29) is 17.6 Å². The van der Waals surface area contributed by atoms with Crippen LogP contribution in [0.4, 0.5) is 4.39 Å². The molecule has 1 aromatic carbocycles. The third-order valence-corrected chi connectivity index (χ3v) is 4.88. The summed E-state index contributed by atoms with van der Waals surface area (Å²) >= 11 is 0. The van der Waals surface area contributed by atoms with Gasteiger partial charge in [0.15, 0.2) is 0 Å². The van der Waals surface area contributed by atoms with Crippen molar-refractivity contribution in [3.05, 3.63) is 35.1 Å². The van der Waals surface area contributed by atoms with Crippen LogP contribution in [0, 0.1) is 5.82 Å². The van der Waals surface area contributed by atoms with Gasteiger partial charge in [0, 0.05) is 19.3 Å². The molecule has 2 rings (SSSR count). The van der Waals surface area contributed by atoms with Crippen LogP contribution in [0.2, 0.25) is 0 Å². The lowest BCUT2D eigenvalue weighted by Crippen LogP contribution is -2.30. The van der Waals surface area contributed by atoms with E-state index in [1.165, 1.54) is 12.1 Å². The standard InChI is InChI=1S/C14H20FNO3S/c1-2-19-8-3-9-20(17,18)16-14-7-4-11-10-12(15)5-6-13(11)14/h5-6,10,14,16H,2-4,7-9H2,1H3. The summed E-state index contributed by atoms with van der Waals surface area (Å²) in [6.45, 7) is 2.92. The fourth-order valence-corrected chi connectivity index (χ4v) is 3.77. The first-order valence-corrected chi connectivity index (χ1v) is 8.53. The summed E-state index contributed by atoms with van der Waals surface area (Å²) in [5.74, 6) is -0.219. The molecule has 6 heteroatoms. The Morgan fingerprint density at radius 1 is 1.45 bits per heavy atom. The number of halogens is 1. The molecule has 1 atom stereocenters. The van der Waals surface area contributed by atoms with Gasteiger partial charge in [-0.25, -0.2) is 17.5 Å². The van der Waals surface area contributed by atoms with Crippen molar-refractivity contribution in [2.45, 2.75) is 32.2 Å². The first kappa shape index (κ1) is 15.4. The molecule has 0 radical (unpaired) electrons. The van der Waals surface area contributed by atoms with Gasteiger partial charge in [0.05, 0.1) is 5.75 Å². The van der Waals surface area contributed by atoms with Crippen LogP contribution in [-0.2, 0) is 21.2 Å². The SMILES string of the molecule is CCOCCCS(=O)(=O)NC1CCc2cc(F)ccc21. The summed E-state index contributed by atoms with van der Waals surface area (Å²) in [6.07, 6.45) is 1.87. The van der Waals surface area contributed by atoms with Crippen LogP contribution < -0.4 is 4.72 Å². The third kappa shape index (κ3) is 4.01. The van der Waals surface area contributed by atoms with E-state index in [0.717, 1.165) is 11.1 Å². The molecule has 0 heterocycles. The van der Waals surface area contributed by atoms with E-state index in [1.54, 1.807) is 6.07 Å². The van der Waals surface area contributed by atoms with Gasteiger partial charge in [-0.05, 0) is 49.4 Å². The molecule has 0 aliphatic heterocycles. The quantitative estimate of drug-likeness (QED) is 0.785. The summed E-state index contributed by atoms with van der Waals surface area (Å²) in [5, 5.41) is 0. The molecular weight excluding hydrogens is 281 g/mol. The maximum absolute atomic E-state index is 13.1. The lowest BCUT2D eigenvalue weighted by atomic mass is 10.1. The van der Waals surface area contributed by atoms with Crippen LogP contribution in [0.5, 0.6) is 0 Å². The molecule has 0 saturated carbocycles. The molecule has 1 aliphatic carbocycles. The summed E-state index contributed by atoms with van der Waals surface area (Å²) in [4.78, 5) is 0. The number of aryl methyl sites for hydroxylation is 1. The maximum Gasteiger partial charge on any atom is 0.212 e. The normalized spacial score (nSPS) is 18.2. The molecule has 0 aromatic heterocycles. The zero-order chi connectivity index (χ0) is 14.6. The van der Waals surface area contributed by atoms with E-state index in [4.69, 9.17) is 4.74 Å². The van der Waals surface area contributed by atoms with Gasteiger partial charge in [-0.15, -0.1) is 0 Å². The summed E-state index contributed by atoms with van der Waals surface area (Å²) in [6, 6.07) is 4.30. The minimum Gasteiger partial charge on any atom is -0.382 e. The molecule has 0 bridgehead atoms. The van der Waals surface area contributed by atoms with Crippen LogP contribution in [0.1, 0.15) is 36.9 Å². The zero-order valence-electron chi connectivity index (χ0n) is 11.6. The van der Waals surface area contributed by atoms with Gasteiger partial charge >= 0.3 is 0 Å². The highest BCUT2D eigenvalue weighted by Crippen LogP contribution is 2.32. The van der Waals surface area contributed by atoms with Crippen molar-refractivity contribution < 1.29 is 17.5 Å². The van der Waals surface area contributed by atoms with Gasteiger partial charge in [-0.1, -0.05) is 6.07 Å². The Bertz CT molecular complexity index is 560. The molecule has 0 amide bonds. The Morgan fingerprint density at radius 3 is 3.00 bits per heavy atom. The second-order valence-corrected chi connectivity index (χ2v) is 6.80. The smallest absolute Gasteiger partial charge is 0.212 e. The molecule has 1 N–H and O–H groups in total. The molecule has 0 spiro atoms. The highest BCUT2D eigenvalue weighted by Gasteiger charge is 2.26. The van der Waals surface area contributed by atoms with Crippen LogP contribution in [0.15, 0.2) is 18.2 Å². The van der Waals surface area contributed by atoms with E-state index in [9.17, 15) is 12.8 Å². The average molecular weight is 301 g/mol. The minimum atomic E-state index is -3.32. The number of hydrogen-bond acceptors (Lipinski definition) is 3. The molecule has 1 unspecified atom stereocenters. The lowest BCUT2D eigenvalue weighted by Gasteiger charge is -2.14. The van der Waals surface area contributed by atoms with Gasteiger partial charge in [0.1, 0.15) is 5.82 Å². The Kier molecular flexibility index (Phi) is 5.12. The average Bonchev–Trinajstić information content (AvgIpc) is 2.76. The summed E-state index contributed by atoms with van der Waals surface area (Å²) in [5.41, 5.74) is 1.78. The van der Waals surface area contributed by atoms with Gasteiger partial charge < -0.3 is 4.74 Å². The fraction of sp³-hybridized carbons (Fsp3) is 0.571. The van der Waals surface area contributed by atoms with Crippen molar-refractivity contribution >= 4 is 10.0 Å². The Hall–Kier alpha value is -0.980. The van der Waals surface area contributed by atoms with Gasteiger partial charge in [-0.3, -0.25) is 0 Å². The largest absolute Gasteiger partial charge is 0.382 e. The molecule has 1 aliphatic rings. The van der Waals surface area contributed by atoms with E-state index < -0.39 is 10.0 Å². The van der Waals surface area contributed by atoms with E-state index >= 15 is 0 Å². The predicted octanol–water partition coefficient (Wildman–Crippen LogP) is 2.16. The maximum atomic E-state index is 13.1. The minimum absolute atomic E-state index is 0.0556. The van der Waals surface area contributed by atoms with Crippen LogP contribution >= 0.6 is 0 Å². The summed E-state index contributed by atoms with van der Waals surface area (Å²) < 4.78 is 44.9. The van der Waals surface area contributed by atoms with Crippen molar-refractivity contribution in [1.82, 2.24) is 4.72 Å². The van der Waals surface area contributed by atoms with Gasteiger partial charge in [-0.2, -0.15) is 0 Å². The van der Waals surface area contributed by atoms with Crippen molar-refractivity contribution in [2.75, 3.05) is 19.0 Å². The number of rotatable bonds is 7. The fourth-order valence-electron chi connectivity index (χ4n) is 2.48. The molecule has 20 heavy (non-hydrogen) atoms. The first-order chi connectivity index (χ1) is 9.52. The second-order valence-electron chi connectivity index (χ2n) is 4.92. The number of nitrogens with one attached hydrogen (secondary N) is 1. The van der Waals surface area contributed by atoms with Crippen molar-refractivity contribution in [3.63, 3.8) is 0 Å². The molecule has 0 fully saturated rings. The van der Waals surface area contributed by atoms with E-state index in [0.29, 0.717) is 32.5 Å². The van der Waals surface area contributed by atoms with Crippen LogP contribution in [0.25, 0.3) is 0 Å². The molecule has 112 valence electrons. The van der Waals surface area contributed by atoms with Crippen LogP contribution in [0.3, 0.4) is 0 Å².